The zero-order valence-electron chi connectivity index (χ0n) is 19.6. The number of rotatable bonds is 7. The van der Waals surface area contributed by atoms with E-state index in [1.807, 2.05) is 16.9 Å². The molecule has 7 heteroatoms. The Morgan fingerprint density at radius 2 is 2.00 bits per heavy atom. The lowest BCUT2D eigenvalue weighted by molar-refractivity contribution is 0.0904. The van der Waals surface area contributed by atoms with E-state index in [1.54, 1.807) is 0 Å². The van der Waals surface area contributed by atoms with Crippen LogP contribution in [-0.4, -0.2) is 39.9 Å². The van der Waals surface area contributed by atoms with E-state index in [0.29, 0.717) is 12.6 Å². The molecule has 0 spiro atoms. The Kier molecular flexibility index (Phi) is 6.31. The number of hydrogen-bond acceptors (Lipinski definition) is 5. The molecule has 5 rings (SSSR count). The highest BCUT2D eigenvalue weighted by Crippen LogP contribution is 2.31. The van der Waals surface area contributed by atoms with Crippen molar-refractivity contribution in [2.75, 3.05) is 18.5 Å². The third-order valence-electron chi connectivity index (χ3n) is 6.96. The third kappa shape index (κ3) is 4.34. The van der Waals surface area contributed by atoms with E-state index >= 15 is 0 Å². The van der Waals surface area contributed by atoms with Gasteiger partial charge in [0.25, 0.3) is 5.91 Å². The van der Waals surface area contributed by atoms with E-state index in [0.717, 1.165) is 85.4 Å². The molecular formula is C26H33N5O2. The number of amides is 1. The Bertz CT molecular complexity index is 1160. The minimum absolute atomic E-state index is 0.0341. The maximum atomic E-state index is 13.0. The summed E-state index contributed by atoms with van der Waals surface area (Å²) in [5, 5.41) is 12.5. The van der Waals surface area contributed by atoms with Crippen molar-refractivity contribution in [1.29, 1.82) is 0 Å². The van der Waals surface area contributed by atoms with Gasteiger partial charge in [-0.25, -0.2) is 9.67 Å². The van der Waals surface area contributed by atoms with Crippen LogP contribution in [0.1, 0.15) is 65.9 Å². The second kappa shape index (κ2) is 9.51. The van der Waals surface area contributed by atoms with E-state index in [9.17, 15) is 4.79 Å². The number of carbonyl (C=O) groups is 1. The number of aryl methyl sites for hydroxylation is 4. The Balaban J connectivity index is 1.46. The van der Waals surface area contributed by atoms with E-state index in [4.69, 9.17) is 9.72 Å². The van der Waals surface area contributed by atoms with Crippen LogP contribution in [0.5, 0.6) is 0 Å². The number of anilines is 1. The molecule has 3 heterocycles. The van der Waals surface area contributed by atoms with Crippen LogP contribution in [0.25, 0.3) is 11.0 Å². The number of hydrogen-bond donors (Lipinski definition) is 2. The maximum absolute atomic E-state index is 13.0. The Morgan fingerprint density at radius 1 is 1.18 bits per heavy atom. The Hall–Kier alpha value is -2.93. The van der Waals surface area contributed by atoms with Gasteiger partial charge in [-0.15, -0.1) is 0 Å². The van der Waals surface area contributed by atoms with Crippen molar-refractivity contribution in [3.05, 3.63) is 52.3 Å². The number of aromatic nitrogens is 3. The fourth-order valence-corrected chi connectivity index (χ4v) is 5.08. The van der Waals surface area contributed by atoms with Crippen LogP contribution in [-0.2, 0) is 37.1 Å². The topological polar surface area (TPSA) is 81.1 Å². The maximum Gasteiger partial charge on any atom is 0.251 e. The molecule has 2 N–H and O–H groups in total. The molecule has 3 aromatic rings. The predicted octanol–water partition coefficient (Wildman–Crippen LogP) is 4.02. The van der Waals surface area contributed by atoms with Gasteiger partial charge in [-0.3, -0.25) is 4.79 Å². The summed E-state index contributed by atoms with van der Waals surface area (Å²) in [5.74, 6) is -0.0341. The first-order chi connectivity index (χ1) is 16.2. The predicted molar refractivity (Wildman–Crippen MR) is 130 cm³/mol. The number of nitrogens with one attached hydrogen (secondary N) is 2. The molecule has 1 aliphatic carbocycles. The van der Waals surface area contributed by atoms with E-state index in [-0.39, 0.29) is 5.91 Å². The van der Waals surface area contributed by atoms with Crippen LogP contribution in [0.15, 0.2) is 24.4 Å². The highest BCUT2D eigenvalue weighted by atomic mass is 16.5. The van der Waals surface area contributed by atoms with Gasteiger partial charge >= 0.3 is 0 Å². The van der Waals surface area contributed by atoms with Gasteiger partial charge < -0.3 is 15.4 Å². The quantitative estimate of drug-likeness (QED) is 0.572. The smallest absolute Gasteiger partial charge is 0.251 e. The van der Waals surface area contributed by atoms with Crippen LogP contribution in [0.4, 0.5) is 5.69 Å². The molecule has 1 amide bonds. The number of ether oxygens (including phenoxy) is 1. The minimum atomic E-state index is -0.0341. The van der Waals surface area contributed by atoms with Gasteiger partial charge in [0, 0.05) is 49.2 Å². The van der Waals surface area contributed by atoms with Crippen LogP contribution >= 0.6 is 0 Å². The molecule has 2 aliphatic rings. The van der Waals surface area contributed by atoms with Gasteiger partial charge in [0.1, 0.15) is 0 Å². The van der Waals surface area contributed by atoms with E-state index < -0.39 is 0 Å². The van der Waals surface area contributed by atoms with Crippen LogP contribution in [0, 0.1) is 0 Å². The molecule has 0 bridgehead atoms. The first kappa shape index (κ1) is 21.9. The summed E-state index contributed by atoms with van der Waals surface area (Å²) in [6, 6.07) is 6.46. The van der Waals surface area contributed by atoms with Crippen molar-refractivity contribution in [2.24, 2.45) is 0 Å². The van der Waals surface area contributed by atoms with Crippen molar-refractivity contribution in [3.63, 3.8) is 0 Å². The first-order valence-corrected chi connectivity index (χ1v) is 12.3. The molecule has 0 atom stereocenters. The molecule has 174 valence electrons. The van der Waals surface area contributed by atoms with Crippen molar-refractivity contribution < 1.29 is 9.53 Å². The average molecular weight is 448 g/mol. The molecule has 1 aliphatic heterocycles. The van der Waals surface area contributed by atoms with Crippen molar-refractivity contribution >= 4 is 22.6 Å². The molecule has 2 aromatic heterocycles. The highest BCUT2D eigenvalue weighted by Gasteiger charge is 2.22. The van der Waals surface area contributed by atoms with Crippen LogP contribution < -0.4 is 10.6 Å². The summed E-state index contributed by atoms with van der Waals surface area (Å²) >= 11 is 0. The zero-order valence-corrected chi connectivity index (χ0v) is 19.6. The molecule has 0 unspecified atom stereocenters. The summed E-state index contributed by atoms with van der Waals surface area (Å²) in [5.41, 5.74) is 7.44. The normalized spacial score (nSPS) is 16.2. The summed E-state index contributed by atoms with van der Waals surface area (Å²) in [4.78, 5) is 18.0. The molecular weight excluding hydrogens is 414 g/mol. The van der Waals surface area contributed by atoms with E-state index in [2.05, 4.69) is 41.7 Å². The second-order valence-corrected chi connectivity index (χ2v) is 9.01. The van der Waals surface area contributed by atoms with Crippen molar-refractivity contribution in [2.45, 2.75) is 71.5 Å². The lowest BCUT2D eigenvalue weighted by Gasteiger charge is -2.26. The van der Waals surface area contributed by atoms with Gasteiger partial charge in [-0.05, 0) is 68.7 Å². The zero-order chi connectivity index (χ0) is 22.8. The summed E-state index contributed by atoms with van der Waals surface area (Å²) in [6.45, 7) is 6.94. The molecule has 7 nitrogen and oxygen atoms in total. The van der Waals surface area contributed by atoms with Crippen molar-refractivity contribution in [1.82, 2.24) is 20.1 Å². The average Bonchev–Trinajstić information content (AvgIpc) is 3.49. The standard InChI is InChI=1S/C26H33N5O2/c1-3-23-21(15-27-26(32)19-9-8-17-6-5-7-18(17)14-19)24(29-20-10-12-33-13-11-20)22-16-28-31(4-2)25(22)30-23/h8-9,14,16,20H,3-7,10-13,15H2,1-2H3,(H,27,32)(H,29,30). The van der Waals surface area contributed by atoms with Gasteiger partial charge in [0.15, 0.2) is 5.65 Å². The van der Waals surface area contributed by atoms with Gasteiger partial charge in [-0.1, -0.05) is 13.0 Å². The molecule has 1 fully saturated rings. The Labute approximate surface area is 194 Å². The number of nitrogens with zero attached hydrogens (tertiary/aromatic N) is 3. The van der Waals surface area contributed by atoms with Crippen LogP contribution in [0.3, 0.4) is 0 Å². The van der Waals surface area contributed by atoms with Gasteiger partial charge in [-0.2, -0.15) is 5.10 Å². The molecule has 0 saturated carbocycles. The van der Waals surface area contributed by atoms with E-state index in [1.165, 1.54) is 17.5 Å². The second-order valence-electron chi connectivity index (χ2n) is 9.01. The lowest BCUT2D eigenvalue weighted by Crippen LogP contribution is -2.30. The van der Waals surface area contributed by atoms with Gasteiger partial charge in [0.05, 0.1) is 17.3 Å². The molecule has 0 radical (unpaired) electrons. The molecule has 1 saturated heterocycles. The fourth-order valence-electron chi connectivity index (χ4n) is 5.08. The SMILES string of the molecule is CCc1nc2c(cnn2CC)c(NC2CCOCC2)c1CNC(=O)c1ccc2c(c1)CCC2. The van der Waals surface area contributed by atoms with Gasteiger partial charge in [0.2, 0.25) is 0 Å². The molecule has 1 aromatic carbocycles. The monoisotopic (exact) mass is 447 g/mol. The Morgan fingerprint density at radius 3 is 2.79 bits per heavy atom. The lowest BCUT2D eigenvalue weighted by atomic mass is 10.0. The highest BCUT2D eigenvalue weighted by molar-refractivity contribution is 5.95. The number of pyridine rings is 1. The third-order valence-corrected chi connectivity index (χ3v) is 6.96. The number of benzene rings is 1. The summed E-state index contributed by atoms with van der Waals surface area (Å²) < 4.78 is 7.50. The first-order valence-electron chi connectivity index (χ1n) is 12.3. The largest absolute Gasteiger partial charge is 0.381 e. The number of fused-ring (bicyclic) bond motifs is 2. The van der Waals surface area contributed by atoms with Crippen molar-refractivity contribution in [3.8, 4) is 0 Å². The summed E-state index contributed by atoms with van der Waals surface area (Å²) in [7, 11) is 0. The minimum Gasteiger partial charge on any atom is -0.381 e. The fraction of sp³-hybridized carbons (Fsp3) is 0.500. The summed E-state index contributed by atoms with van der Waals surface area (Å²) in [6.07, 6.45) is 7.99. The van der Waals surface area contributed by atoms with Crippen LogP contribution in [0.2, 0.25) is 0 Å². The number of carbonyl (C=O) groups excluding carboxylic acids is 1. The molecule has 33 heavy (non-hydrogen) atoms.